The van der Waals surface area contributed by atoms with E-state index in [9.17, 15) is 19.0 Å². The number of hydrogen-bond donors (Lipinski definition) is 0. The Labute approximate surface area is 354 Å². The minimum Gasteiger partial charge on any atom is -0.756 e. The molecule has 0 aliphatic heterocycles. The van der Waals surface area contributed by atoms with Crippen molar-refractivity contribution in [2.45, 2.75) is 174 Å². The zero-order valence-electron chi connectivity index (χ0n) is 43.5. The summed E-state index contributed by atoms with van der Waals surface area (Å²) in [6.45, 7) is 3.32. The van der Waals surface area contributed by atoms with E-state index < -0.39 is 64.6 Å². The summed E-state index contributed by atoms with van der Waals surface area (Å²) in [6, 6.07) is 0. The summed E-state index contributed by atoms with van der Waals surface area (Å²) in [4.78, 5) is 37.7. The van der Waals surface area contributed by atoms with Gasteiger partial charge in [0.2, 0.25) is 0 Å². The smallest absolute Gasteiger partial charge is 0.306 e. The maximum Gasteiger partial charge on any atom is 0.306 e. The van der Waals surface area contributed by atoms with Gasteiger partial charge in [0, 0.05) is 23.8 Å². The fourth-order valence-corrected chi connectivity index (χ4v) is 5.84. The third kappa shape index (κ3) is 41.3. The number of hydrogen-bond acceptors (Lipinski definition) is 8. The zero-order valence-corrected chi connectivity index (χ0v) is 36.4. The summed E-state index contributed by atoms with van der Waals surface area (Å²) in [6.07, 6.45) is 21.1. The van der Waals surface area contributed by atoms with Gasteiger partial charge in [0.25, 0.3) is 7.82 Å². The molecule has 0 aromatic carbocycles. The number of phosphoric acid groups is 1. The van der Waals surface area contributed by atoms with Crippen molar-refractivity contribution in [2.75, 3.05) is 47.5 Å². The van der Waals surface area contributed by atoms with Gasteiger partial charge in [-0.15, -0.1) is 0 Å². The molecule has 0 saturated carbocycles. The van der Waals surface area contributed by atoms with Crippen LogP contribution >= 0.6 is 7.82 Å². The van der Waals surface area contributed by atoms with Gasteiger partial charge in [0.1, 0.15) is 19.8 Å². The molecule has 0 N–H and O–H groups in total. The van der Waals surface area contributed by atoms with Gasteiger partial charge in [-0.1, -0.05) is 164 Å². The Morgan fingerprint density at radius 2 is 1.05 bits per heavy atom. The fourth-order valence-electron chi connectivity index (χ4n) is 5.11. The second-order valence-corrected chi connectivity index (χ2v) is 16.3. The van der Waals surface area contributed by atoms with Crippen molar-refractivity contribution in [3.63, 3.8) is 0 Å². The molecule has 0 fully saturated rings. The van der Waals surface area contributed by atoms with Gasteiger partial charge < -0.3 is 27.9 Å². The first-order valence-electron chi connectivity index (χ1n) is 25.0. The molecule has 56 heavy (non-hydrogen) atoms. The number of carbonyl (C=O) groups excluding carboxylic acids is 2. The number of allylic oxidation sites excluding steroid dienone is 10. The second-order valence-electron chi connectivity index (χ2n) is 14.9. The van der Waals surface area contributed by atoms with Crippen LogP contribution in [0.25, 0.3) is 0 Å². The van der Waals surface area contributed by atoms with Crippen LogP contribution in [0, 0.1) is 0 Å². The molecule has 0 rings (SSSR count). The summed E-state index contributed by atoms with van der Waals surface area (Å²) in [5.41, 5.74) is 0. The van der Waals surface area contributed by atoms with Crippen molar-refractivity contribution in [1.82, 2.24) is 0 Å². The van der Waals surface area contributed by atoms with Crippen molar-refractivity contribution in [3.05, 3.63) is 60.8 Å². The molecule has 1 unspecified atom stereocenters. The van der Waals surface area contributed by atoms with E-state index in [4.69, 9.17) is 29.5 Å². The molecule has 0 amide bonds. The number of ether oxygens (including phenoxy) is 2. The van der Waals surface area contributed by atoms with E-state index in [2.05, 4.69) is 6.92 Å². The average Bonchev–Trinajstić information content (AvgIpc) is 3.20. The van der Waals surface area contributed by atoms with Gasteiger partial charge in [-0.05, 0) is 51.2 Å². The topological polar surface area (TPSA) is 111 Å². The molecule has 0 aliphatic rings. The highest BCUT2D eigenvalue weighted by Crippen LogP contribution is 2.38. The summed E-state index contributed by atoms with van der Waals surface area (Å²) < 4.78 is 98.2. The summed E-state index contributed by atoms with van der Waals surface area (Å²) in [5, 5.41) is 0. The number of rotatable bonds is 39. The van der Waals surface area contributed by atoms with Crippen LogP contribution in [0.3, 0.4) is 0 Å². The van der Waals surface area contributed by atoms with Gasteiger partial charge in [-0.25, -0.2) is 0 Å². The number of likely N-dealkylation sites (N-methyl/N-ethyl adjacent to an activating group) is 1. The maximum atomic E-state index is 12.8. The van der Waals surface area contributed by atoms with Crippen molar-refractivity contribution < 1.29 is 53.0 Å². The first kappa shape index (κ1) is 40.5. The molecule has 10 heteroatoms. The largest absolute Gasteiger partial charge is 0.756 e. The molecule has 0 saturated heterocycles. The summed E-state index contributed by atoms with van der Waals surface area (Å²) in [7, 11) is 0.860. The van der Waals surface area contributed by atoms with Crippen LogP contribution in [0.2, 0.25) is 0 Å². The molecule has 9 nitrogen and oxygen atoms in total. The van der Waals surface area contributed by atoms with E-state index >= 15 is 0 Å². The second kappa shape index (κ2) is 38.2. The van der Waals surface area contributed by atoms with Gasteiger partial charge in [-0.3, -0.25) is 14.2 Å². The first-order chi connectivity index (χ1) is 29.8. The number of quaternary nitrogens is 1. The standard InChI is InChI=1S/C46H82NO8P/c1-6-8-10-12-14-16-18-20-22-23-25-27-29-31-33-35-37-39-46(49)55-44(43-54-56(50,51)53-41-40-47(3,4)5)42-52-45(48)38-36-34-32-30-28-26-24-21-19-17-15-13-11-9-7-2/h8,10,14,16,20,22,25,27,31,33,44H,6-7,9,11-13,15,17-19,21,23-24,26,28-30,32,34-43H2,1-5H3/b10-8-,16-14-,22-20-,27-25-,33-31-/t44-/m0/s1/i12D2,18D2,23D2,29D2. The van der Waals surface area contributed by atoms with Crippen molar-refractivity contribution in [3.8, 4) is 0 Å². The van der Waals surface area contributed by atoms with Crippen LogP contribution < -0.4 is 4.89 Å². The number of carbonyl (C=O) groups is 2. The lowest BCUT2D eigenvalue weighted by Crippen LogP contribution is -2.37. The number of esters is 2. The van der Waals surface area contributed by atoms with Crippen LogP contribution in [0.5, 0.6) is 0 Å². The van der Waals surface area contributed by atoms with Gasteiger partial charge >= 0.3 is 11.9 Å². The van der Waals surface area contributed by atoms with Gasteiger partial charge in [-0.2, -0.15) is 0 Å². The lowest BCUT2D eigenvalue weighted by Gasteiger charge is -2.28. The van der Waals surface area contributed by atoms with E-state index in [1.165, 1.54) is 88.9 Å². The lowest BCUT2D eigenvalue weighted by molar-refractivity contribution is -0.870. The number of phosphoric ester groups is 1. The van der Waals surface area contributed by atoms with Crippen LogP contribution in [-0.2, 0) is 32.7 Å². The maximum absolute atomic E-state index is 12.8. The molecule has 0 radical (unpaired) electrons. The fraction of sp³-hybridized carbons (Fsp3) is 0.739. The minimum absolute atomic E-state index is 0.120. The van der Waals surface area contributed by atoms with E-state index in [0.717, 1.165) is 55.7 Å². The van der Waals surface area contributed by atoms with Crippen molar-refractivity contribution >= 4 is 19.8 Å². The van der Waals surface area contributed by atoms with Crippen LogP contribution in [0.15, 0.2) is 60.8 Å². The predicted molar refractivity (Wildman–Crippen MR) is 231 cm³/mol. The molecule has 0 spiro atoms. The molecular weight excluding hydrogens is 725 g/mol. The minimum atomic E-state index is -4.76. The van der Waals surface area contributed by atoms with Gasteiger partial charge in [0.05, 0.1) is 27.7 Å². The van der Waals surface area contributed by atoms with Crippen LogP contribution in [0.4, 0.5) is 0 Å². The quantitative estimate of drug-likeness (QED) is 0.0198. The third-order valence-corrected chi connectivity index (χ3v) is 9.35. The summed E-state index contributed by atoms with van der Waals surface area (Å²) in [5.74, 6) is -1.20. The molecular formula is C46H82NO8P. The molecule has 0 aromatic heterocycles. The zero-order chi connectivity index (χ0) is 48.6. The molecule has 0 bridgehead atoms. The van der Waals surface area contributed by atoms with E-state index in [0.29, 0.717) is 23.9 Å². The van der Waals surface area contributed by atoms with Crippen molar-refractivity contribution in [2.24, 2.45) is 0 Å². The summed E-state index contributed by atoms with van der Waals surface area (Å²) >= 11 is 0. The Kier molecular flexibility index (Phi) is 27.6. The Hall–Kier alpha value is -2.29. The molecule has 0 aromatic rings. The Bertz CT molecular complexity index is 1480. The van der Waals surface area contributed by atoms with E-state index in [1.54, 1.807) is 6.08 Å². The van der Waals surface area contributed by atoms with Crippen molar-refractivity contribution in [1.29, 1.82) is 0 Å². The normalized spacial score (nSPS) is 17.3. The van der Waals surface area contributed by atoms with Crippen LogP contribution in [0.1, 0.15) is 179 Å². The average molecular weight is 816 g/mol. The highest BCUT2D eigenvalue weighted by Gasteiger charge is 2.21. The Balaban J connectivity index is 5.00. The monoisotopic (exact) mass is 816 g/mol. The Morgan fingerprint density at radius 3 is 1.54 bits per heavy atom. The highest BCUT2D eigenvalue weighted by atomic mass is 31.2. The first-order valence-corrected chi connectivity index (χ1v) is 22.5. The highest BCUT2D eigenvalue weighted by molar-refractivity contribution is 7.45. The number of nitrogens with zero attached hydrogens (tertiary/aromatic N) is 1. The number of unbranched alkanes of at least 4 members (excludes halogenated alkanes) is 15. The molecule has 0 heterocycles. The predicted octanol–water partition coefficient (Wildman–Crippen LogP) is 11.8. The molecule has 2 atom stereocenters. The molecule has 324 valence electrons. The SMILES string of the molecule is [2H]C([2H])(/C=C\CC)/C=C\C([2H])([2H])/C=C\C([2H])([2H])/C=C\C([2H])([2H])/C=C\CCCC(=O)O[C@@H](COC(=O)CCCCCCCCCCCCCCCCC)COP(=O)([O-])OCC[N+](C)(C)C. The van der Waals surface area contributed by atoms with Gasteiger partial charge in [0.15, 0.2) is 6.10 Å². The van der Waals surface area contributed by atoms with Crippen LogP contribution in [-0.4, -0.2) is 70.0 Å². The van der Waals surface area contributed by atoms with E-state index in [1.807, 2.05) is 28.1 Å². The lowest BCUT2D eigenvalue weighted by atomic mass is 10.0. The molecule has 0 aliphatic carbocycles. The van der Waals surface area contributed by atoms with E-state index in [-0.39, 0.29) is 32.3 Å². The third-order valence-electron chi connectivity index (χ3n) is 8.39. The Morgan fingerprint density at radius 1 is 0.607 bits per heavy atom.